The zero-order valence-electron chi connectivity index (χ0n) is 21.4. The van der Waals surface area contributed by atoms with Crippen molar-refractivity contribution >= 4 is 35.2 Å². The zero-order valence-corrected chi connectivity index (χ0v) is 21.4. The maximum Gasteiger partial charge on any atom is 0.321 e. The van der Waals surface area contributed by atoms with Crippen LogP contribution in [0.1, 0.15) is 40.5 Å². The molecule has 2 aromatic carbocycles. The van der Waals surface area contributed by atoms with E-state index in [9.17, 15) is 24.0 Å². The molecule has 2 saturated heterocycles. The van der Waals surface area contributed by atoms with Crippen molar-refractivity contribution < 1.29 is 28.7 Å². The van der Waals surface area contributed by atoms with Crippen LogP contribution in [0.2, 0.25) is 0 Å². The van der Waals surface area contributed by atoms with Crippen molar-refractivity contribution in [1.82, 2.24) is 20.4 Å². The van der Waals surface area contributed by atoms with Gasteiger partial charge < -0.3 is 30.5 Å². The average molecular weight is 522 g/mol. The van der Waals surface area contributed by atoms with E-state index in [1.165, 1.54) is 23.8 Å². The topological polar surface area (TPSA) is 137 Å². The molecule has 2 unspecified atom stereocenters. The predicted molar refractivity (Wildman–Crippen MR) is 139 cm³/mol. The highest BCUT2D eigenvalue weighted by Crippen LogP contribution is 2.19. The maximum atomic E-state index is 13.4. The molecule has 0 aliphatic carbocycles. The lowest BCUT2D eigenvalue weighted by molar-refractivity contribution is -0.133. The van der Waals surface area contributed by atoms with E-state index in [-0.39, 0.29) is 37.2 Å². The average Bonchev–Trinajstić information content (AvgIpc) is 2.94. The summed E-state index contributed by atoms with van der Waals surface area (Å²) in [5, 5.41) is 8.27. The van der Waals surface area contributed by atoms with Crippen molar-refractivity contribution in [2.75, 3.05) is 38.6 Å². The summed E-state index contributed by atoms with van der Waals surface area (Å²) in [6.45, 7) is 2.28. The van der Waals surface area contributed by atoms with E-state index in [0.29, 0.717) is 35.5 Å². The Labute approximate surface area is 220 Å². The summed E-state index contributed by atoms with van der Waals surface area (Å²) in [5.74, 6) is -0.618. The molecule has 11 heteroatoms. The quantitative estimate of drug-likeness (QED) is 0.495. The van der Waals surface area contributed by atoms with Crippen molar-refractivity contribution in [3.8, 4) is 5.75 Å². The zero-order chi connectivity index (χ0) is 27.2. The minimum atomic E-state index is -1.00. The predicted octanol–water partition coefficient (Wildman–Crippen LogP) is 1.65. The third-order valence-electron chi connectivity index (χ3n) is 6.71. The first kappa shape index (κ1) is 26.6. The third-order valence-corrected chi connectivity index (χ3v) is 6.71. The lowest BCUT2D eigenvalue weighted by Gasteiger charge is -2.41. The first-order valence-corrected chi connectivity index (χ1v) is 12.5. The largest absolute Gasteiger partial charge is 0.497 e. The van der Waals surface area contributed by atoms with Crippen LogP contribution in [0.3, 0.4) is 0 Å². The van der Waals surface area contributed by atoms with E-state index in [2.05, 4.69) is 16.0 Å². The fraction of sp³-hybridized carbons (Fsp3) is 0.370. The highest BCUT2D eigenvalue weighted by atomic mass is 16.5. The van der Waals surface area contributed by atoms with Gasteiger partial charge in [-0.15, -0.1) is 0 Å². The van der Waals surface area contributed by atoms with Gasteiger partial charge in [0, 0.05) is 36.4 Å². The van der Waals surface area contributed by atoms with Gasteiger partial charge in [0.25, 0.3) is 5.91 Å². The number of Topliss-reactive ketones (excluding diaryl/α,β-unsaturated/α-hetero) is 1. The van der Waals surface area contributed by atoms with Gasteiger partial charge in [0.2, 0.25) is 11.8 Å². The Morgan fingerprint density at radius 1 is 0.974 bits per heavy atom. The Morgan fingerprint density at radius 2 is 1.66 bits per heavy atom. The third kappa shape index (κ3) is 6.10. The number of amides is 5. The minimum Gasteiger partial charge on any atom is -0.497 e. The van der Waals surface area contributed by atoms with Crippen LogP contribution in [0, 0.1) is 0 Å². The summed E-state index contributed by atoms with van der Waals surface area (Å²) < 4.78 is 5.16. The molecule has 200 valence electrons. The lowest BCUT2D eigenvalue weighted by Crippen LogP contribution is -2.64. The Morgan fingerprint density at radius 3 is 2.29 bits per heavy atom. The van der Waals surface area contributed by atoms with Crippen LogP contribution >= 0.6 is 0 Å². The van der Waals surface area contributed by atoms with Crippen molar-refractivity contribution in [1.29, 1.82) is 0 Å². The molecule has 2 fully saturated rings. The van der Waals surface area contributed by atoms with E-state index in [1.54, 1.807) is 48.5 Å². The fourth-order valence-corrected chi connectivity index (χ4v) is 4.50. The number of nitrogens with zero attached hydrogens (tertiary/aromatic N) is 2. The van der Waals surface area contributed by atoms with Crippen LogP contribution in [0.4, 0.5) is 10.5 Å². The summed E-state index contributed by atoms with van der Waals surface area (Å²) in [7, 11) is 1.53. The van der Waals surface area contributed by atoms with Crippen molar-refractivity contribution in [2.24, 2.45) is 0 Å². The molecule has 0 saturated carbocycles. The minimum absolute atomic E-state index is 0.0561. The summed E-state index contributed by atoms with van der Waals surface area (Å²) >= 11 is 0. The molecule has 38 heavy (non-hydrogen) atoms. The van der Waals surface area contributed by atoms with Crippen molar-refractivity contribution in [3.05, 3.63) is 59.7 Å². The van der Waals surface area contributed by atoms with Gasteiger partial charge in [-0.1, -0.05) is 0 Å². The molecule has 2 atom stereocenters. The van der Waals surface area contributed by atoms with Gasteiger partial charge in [-0.2, -0.15) is 0 Å². The molecular weight excluding hydrogens is 490 g/mol. The van der Waals surface area contributed by atoms with E-state index in [1.807, 2.05) is 0 Å². The Bertz CT molecular complexity index is 1210. The summed E-state index contributed by atoms with van der Waals surface area (Å²) in [6.07, 6.45) is 1.23. The van der Waals surface area contributed by atoms with E-state index in [0.717, 1.165) is 6.42 Å². The molecule has 11 nitrogen and oxygen atoms in total. The van der Waals surface area contributed by atoms with E-state index >= 15 is 0 Å². The summed E-state index contributed by atoms with van der Waals surface area (Å²) in [6, 6.07) is 10.9. The van der Waals surface area contributed by atoms with Gasteiger partial charge in [-0.05, 0) is 68.3 Å². The number of piperazine rings is 1. The molecule has 2 aliphatic heterocycles. The van der Waals surface area contributed by atoms with Gasteiger partial charge in [-0.3, -0.25) is 19.2 Å². The molecule has 0 bridgehead atoms. The van der Waals surface area contributed by atoms with Crippen LogP contribution in [0.25, 0.3) is 0 Å². The Balaban J connectivity index is 1.51. The monoisotopic (exact) mass is 521 g/mol. The van der Waals surface area contributed by atoms with Crippen molar-refractivity contribution in [3.63, 3.8) is 0 Å². The van der Waals surface area contributed by atoms with Gasteiger partial charge in [0.05, 0.1) is 13.7 Å². The number of ether oxygens (including phenoxy) is 1. The van der Waals surface area contributed by atoms with Gasteiger partial charge in [0.1, 0.15) is 17.8 Å². The Kier molecular flexibility index (Phi) is 8.25. The molecule has 0 aromatic heterocycles. The van der Waals surface area contributed by atoms with Crippen LogP contribution < -0.4 is 20.7 Å². The highest BCUT2D eigenvalue weighted by Gasteiger charge is 2.39. The summed E-state index contributed by atoms with van der Waals surface area (Å²) in [4.78, 5) is 66.5. The maximum absolute atomic E-state index is 13.4. The number of hydrogen-bond acceptors (Lipinski definition) is 6. The van der Waals surface area contributed by atoms with Crippen LogP contribution in [-0.4, -0.2) is 84.7 Å². The molecule has 2 aliphatic rings. The molecule has 5 amide bonds. The molecule has 0 radical (unpaired) electrons. The first-order chi connectivity index (χ1) is 18.3. The standard InChI is InChI=1S/C27H31N5O6/c1-17(33)18-5-9-20(10-6-18)29-27(37)31-14-15-32(26(36)19-7-11-21(38-2)12-8-19)23(16-31)25(35)30-22-4-3-13-28-24(22)34/h5-12,22-23H,3-4,13-16H2,1-2H3,(H,28,34)(H,29,37)(H,30,35). The normalized spacial score (nSPS) is 19.3. The summed E-state index contributed by atoms with van der Waals surface area (Å²) in [5.41, 5.74) is 1.40. The number of rotatable bonds is 6. The van der Waals surface area contributed by atoms with Crippen LogP contribution in [-0.2, 0) is 9.59 Å². The van der Waals surface area contributed by atoms with Gasteiger partial charge >= 0.3 is 6.03 Å². The van der Waals surface area contributed by atoms with E-state index in [4.69, 9.17) is 4.74 Å². The van der Waals surface area contributed by atoms with Crippen molar-refractivity contribution in [2.45, 2.75) is 31.8 Å². The Hall–Kier alpha value is -4.41. The fourth-order valence-electron chi connectivity index (χ4n) is 4.50. The number of ketones is 1. The van der Waals surface area contributed by atoms with Gasteiger partial charge in [0.15, 0.2) is 5.78 Å². The van der Waals surface area contributed by atoms with Gasteiger partial charge in [-0.25, -0.2) is 4.79 Å². The molecule has 4 rings (SSSR count). The molecule has 0 spiro atoms. The number of methoxy groups -OCH3 is 1. The highest BCUT2D eigenvalue weighted by molar-refractivity contribution is 6.00. The number of nitrogens with one attached hydrogen (secondary N) is 3. The smallest absolute Gasteiger partial charge is 0.321 e. The lowest BCUT2D eigenvalue weighted by atomic mass is 10.0. The number of carbonyl (C=O) groups is 5. The number of piperidine rings is 1. The van der Waals surface area contributed by atoms with Crippen LogP contribution in [0.15, 0.2) is 48.5 Å². The second-order valence-electron chi connectivity index (χ2n) is 9.25. The molecule has 3 N–H and O–H groups in total. The molecule has 2 heterocycles. The SMILES string of the molecule is COc1ccc(C(=O)N2CCN(C(=O)Nc3ccc(C(C)=O)cc3)CC2C(=O)NC2CCCNC2=O)cc1. The second kappa shape index (κ2) is 11.8. The number of benzene rings is 2. The molecule has 2 aromatic rings. The number of anilines is 1. The number of hydrogen-bond donors (Lipinski definition) is 3. The number of urea groups is 1. The first-order valence-electron chi connectivity index (χ1n) is 12.5. The van der Waals surface area contributed by atoms with Crippen LogP contribution in [0.5, 0.6) is 5.75 Å². The van der Waals surface area contributed by atoms with E-state index < -0.39 is 24.0 Å². The number of carbonyl (C=O) groups excluding carboxylic acids is 5. The molecular formula is C27H31N5O6. The second-order valence-corrected chi connectivity index (χ2v) is 9.25.